The zero-order valence-electron chi connectivity index (χ0n) is 11.0. The van der Waals surface area contributed by atoms with E-state index in [1.165, 1.54) is 24.6 Å². The largest absolute Gasteiger partial charge is 0.383 e. The highest BCUT2D eigenvalue weighted by Crippen LogP contribution is 2.28. The lowest BCUT2D eigenvalue weighted by Gasteiger charge is -2.29. The number of hydrogen-bond acceptors (Lipinski definition) is 6. The first kappa shape index (κ1) is 13.9. The van der Waals surface area contributed by atoms with Crippen molar-refractivity contribution < 1.29 is 4.79 Å². The number of nitrogens with zero attached hydrogens (tertiary/aromatic N) is 3. The van der Waals surface area contributed by atoms with Gasteiger partial charge in [0.1, 0.15) is 11.6 Å². The molecule has 0 atom stereocenters. The molecule has 0 radical (unpaired) electrons. The van der Waals surface area contributed by atoms with E-state index in [2.05, 4.69) is 9.97 Å². The van der Waals surface area contributed by atoms with Crippen molar-refractivity contribution in [2.75, 3.05) is 23.4 Å². The monoisotopic (exact) mass is 281 g/mol. The number of carbonyl (C=O) groups is 1. The van der Waals surface area contributed by atoms with E-state index in [1.54, 1.807) is 6.07 Å². The highest BCUT2D eigenvalue weighted by Gasteiger charge is 2.25. The van der Waals surface area contributed by atoms with E-state index in [0.29, 0.717) is 22.8 Å². The predicted molar refractivity (Wildman–Crippen MR) is 77.0 cm³/mol. The van der Waals surface area contributed by atoms with Crippen molar-refractivity contribution in [2.24, 2.45) is 5.73 Å². The fraction of sp³-hybridized carbons (Fsp3) is 0.583. The molecule has 0 bridgehead atoms. The van der Waals surface area contributed by atoms with Gasteiger partial charge in [-0.05, 0) is 19.1 Å². The van der Waals surface area contributed by atoms with Gasteiger partial charge in [-0.1, -0.05) is 24.6 Å². The molecule has 1 fully saturated rings. The van der Waals surface area contributed by atoms with Gasteiger partial charge in [-0.15, -0.1) is 0 Å². The van der Waals surface area contributed by atoms with Crippen molar-refractivity contribution in [1.29, 1.82) is 0 Å². The number of amides is 1. The van der Waals surface area contributed by atoms with Crippen LogP contribution in [0.3, 0.4) is 0 Å². The third-order valence-electron chi connectivity index (χ3n) is 3.28. The van der Waals surface area contributed by atoms with Crippen LogP contribution in [0.15, 0.2) is 11.2 Å². The average Bonchev–Trinajstić information content (AvgIpc) is 2.88. The van der Waals surface area contributed by atoms with Crippen LogP contribution in [-0.2, 0) is 4.79 Å². The Morgan fingerprint density at radius 1 is 1.47 bits per heavy atom. The molecule has 0 unspecified atom stereocenters. The SMILES string of the molecule is CSc1nc(N)cc(N(CC(N)=O)C2CCCC2)n1. The fourth-order valence-corrected chi connectivity index (χ4v) is 2.83. The van der Waals surface area contributed by atoms with Crippen LogP contribution in [0, 0.1) is 0 Å². The van der Waals surface area contributed by atoms with E-state index in [4.69, 9.17) is 11.5 Å². The molecule has 1 aromatic heterocycles. The lowest BCUT2D eigenvalue weighted by Crippen LogP contribution is -2.40. The molecule has 0 aromatic carbocycles. The molecule has 1 amide bonds. The van der Waals surface area contributed by atoms with Gasteiger partial charge in [-0.25, -0.2) is 9.97 Å². The number of rotatable bonds is 5. The summed E-state index contributed by atoms with van der Waals surface area (Å²) in [7, 11) is 0. The zero-order chi connectivity index (χ0) is 13.8. The summed E-state index contributed by atoms with van der Waals surface area (Å²) in [6, 6.07) is 2.03. The molecule has 7 heteroatoms. The standard InChI is InChI=1S/C12H19N5OS/c1-19-12-15-9(13)6-11(16-12)17(7-10(14)18)8-4-2-3-5-8/h6,8H,2-5,7H2,1H3,(H2,14,18)(H2,13,15,16). The van der Waals surface area contributed by atoms with Crippen LogP contribution in [0.4, 0.5) is 11.6 Å². The number of nitrogen functional groups attached to an aromatic ring is 1. The first-order chi connectivity index (χ1) is 9.10. The molecule has 1 aliphatic rings. The number of primary amides is 1. The summed E-state index contributed by atoms with van der Waals surface area (Å²) in [6.45, 7) is 0.176. The summed E-state index contributed by atoms with van der Waals surface area (Å²) < 4.78 is 0. The summed E-state index contributed by atoms with van der Waals surface area (Å²) >= 11 is 1.43. The van der Waals surface area contributed by atoms with Crippen LogP contribution < -0.4 is 16.4 Å². The van der Waals surface area contributed by atoms with Crippen LogP contribution in [0.2, 0.25) is 0 Å². The van der Waals surface area contributed by atoms with Crippen molar-refractivity contribution >= 4 is 29.3 Å². The minimum atomic E-state index is -0.352. The second-order valence-corrected chi connectivity index (χ2v) is 5.44. The van der Waals surface area contributed by atoms with Crippen molar-refractivity contribution in [3.63, 3.8) is 0 Å². The maximum absolute atomic E-state index is 11.3. The number of nitrogens with two attached hydrogens (primary N) is 2. The third-order valence-corrected chi connectivity index (χ3v) is 3.83. The van der Waals surface area contributed by atoms with Crippen molar-refractivity contribution in [3.05, 3.63) is 6.07 Å². The molecule has 1 aromatic rings. The summed E-state index contributed by atoms with van der Waals surface area (Å²) in [6.07, 6.45) is 6.37. The Hall–Kier alpha value is -1.50. The Kier molecular flexibility index (Phi) is 4.47. The average molecular weight is 281 g/mol. The van der Waals surface area contributed by atoms with Crippen LogP contribution in [0.5, 0.6) is 0 Å². The quantitative estimate of drug-likeness (QED) is 0.617. The summed E-state index contributed by atoms with van der Waals surface area (Å²) in [4.78, 5) is 21.8. The van der Waals surface area contributed by atoms with Gasteiger partial charge in [0.25, 0.3) is 0 Å². The Morgan fingerprint density at radius 2 is 2.16 bits per heavy atom. The van der Waals surface area contributed by atoms with Crippen LogP contribution >= 0.6 is 11.8 Å². The van der Waals surface area contributed by atoms with Gasteiger partial charge in [-0.3, -0.25) is 4.79 Å². The smallest absolute Gasteiger partial charge is 0.237 e. The van der Waals surface area contributed by atoms with E-state index in [9.17, 15) is 4.79 Å². The maximum atomic E-state index is 11.3. The molecule has 1 saturated carbocycles. The van der Waals surface area contributed by atoms with Gasteiger partial charge in [0, 0.05) is 12.1 Å². The molecule has 2 rings (SSSR count). The molecule has 1 heterocycles. The van der Waals surface area contributed by atoms with Gasteiger partial charge in [0.05, 0.1) is 6.54 Å². The van der Waals surface area contributed by atoms with E-state index in [1.807, 2.05) is 11.2 Å². The second kappa shape index (κ2) is 6.10. The summed E-state index contributed by atoms with van der Waals surface area (Å²) in [5, 5.41) is 0.613. The number of aromatic nitrogens is 2. The third kappa shape index (κ3) is 3.50. The molecule has 104 valence electrons. The Morgan fingerprint density at radius 3 is 2.74 bits per heavy atom. The fourth-order valence-electron chi connectivity index (χ4n) is 2.45. The first-order valence-corrected chi connectivity index (χ1v) is 7.56. The number of anilines is 2. The normalized spacial score (nSPS) is 15.6. The Bertz CT molecular complexity index is 461. The van der Waals surface area contributed by atoms with Gasteiger partial charge in [0.2, 0.25) is 5.91 Å². The second-order valence-electron chi connectivity index (χ2n) is 4.67. The van der Waals surface area contributed by atoms with Crippen LogP contribution in [0.25, 0.3) is 0 Å². The number of carbonyl (C=O) groups excluding carboxylic acids is 1. The minimum Gasteiger partial charge on any atom is -0.383 e. The summed E-state index contributed by atoms with van der Waals surface area (Å²) in [5.41, 5.74) is 11.1. The van der Waals surface area contributed by atoms with Gasteiger partial charge < -0.3 is 16.4 Å². The predicted octanol–water partition coefficient (Wildman–Crippen LogP) is 1.01. The highest BCUT2D eigenvalue weighted by molar-refractivity contribution is 7.98. The highest BCUT2D eigenvalue weighted by atomic mass is 32.2. The van der Waals surface area contributed by atoms with Gasteiger partial charge in [0.15, 0.2) is 5.16 Å². The molecule has 4 N–H and O–H groups in total. The first-order valence-electron chi connectivity index (χ1n) is 6.33. The van der Waals surface area contributed by atoms with Crippen molar-refractivity contribution in [1.82, 2.24) is 9.97 Å². The van der Waals surface area contributed by atoms with Crippen molar-refractivity contribution in [2.45, 2.75) is 36.9 Å². The van der Waals surface area contributed by atoms with Crippen LogP contribution in [0.1, 0.15) is 25.7 Å². The van der Waals surface area contributed by atoms with E-state index in [0.717, 1.165) is 12.8 Å². The van der Waals surface area contributed by atoms with E-state index in [-0.39, 0.29) is 12.5 Å². The minimum absolute atomic E-state index is 0.176. The van der Waals surface area contributed by atoms with Gasteiger partial charge in [-0.2, -0.15) is 0 Å². The van der Waals surface area contributed by atoms with E-state index < -0.39 is 0 Å². The Labute approximate surface area is 117 Å². The molecular weight excluding hydrogens is 262 g/mol. The molecule has 1 aliphatic carbocycles. The van der Waals surface area contributed by atoms with Crippen molar-refractivity contribution in [3.8, 4) is 0 Å². The zero-order valence-corrected chi connectivity index (χ0v) is 11.8. The molecule has 0 spiro atoms. The summed E-state index contributed by atoms with van der Waals surface area (Å²) in [5.74, 6) is 0.763. The lowest BCUT2D eigenvalue weighted by atomic mass is 10.2. The molecule has 0 saturated heterocycles. The van der Waals surface area contributed by atoms with E-state index >= 15 is 0 Å². The van der Waals surface area contributed by atoms with Crippen LogP contribution in [-0.4, -0.2) is 34.7 Å². The number of thioether (sulfide) groups is 1. The maximum Gasteiger partial charge on any atom is 0.237 e. The molecule has 0 aliphatic heterocycles. The van der Waals surface area contributed by atoms with Gasteiger partial charge >= 0.3 is 0 Å². The topological polar surface area (TPSA) is 98.1 Å². The lowest BCUT2D eigenvalue weighted by molar-refractivity contribution is -0.116. The molecule has 6 nitrogen and oxygen atoms in total. The Balaban J connectivity index is 2.30. The molecular formula is C12H19N5OS. The number of hydrogen-bond donors (Lipinski definition) is 2. The molecule has 19 heavy (non-hydrogen) atoms.